The summed E-state index contributed by atoms with van der Waals surface area (Å²) in [5, 5.41) is 5.46. The van der Waals surface area contributed by atoms with Gasteiger partial charge in [-0.1, -0.05) is 19.4 Å². The van der Waals surface area contributed by atoms with E-state index in [2.05, 4.69) is 43.4 Å². The van der Waals surface area contributed by atoms with Gasteiger partial charge >= 0.3 is 6.18 Å². The first-order chi connectivity index (χ1) is 14.5. The molecule has 0 aromatic heterocycles. The van der Waals surface area contributed by atoms with E-state index < -0.39 is 17.6 Å². The van der Waals surface area contributed by atoms with Crippen molar-refractivity contribution in [2.24, 2.45) is 5.92 Å². The summed E-state index contributed by atoms with van der Waals surface area (Å²) in [5.41, 5.74) is -1.01. The van der Waals surface area contributed by atoms with Crippen LogP contribution in [-0.4, -0.2) is 48.4 Å². The SMILES string of the molecule is CCC[C@H]1C[C@H](N(C)C(C)C)CC[C@@H]1NC(=O)CNC(=O)c1cccc(C(F)(F)F)c1. The number of hydrogen-bond acceptors (Lipinski definition) is 3. The third kappa shape index (κ3) is 7.23. The average Bonchev–Trinajstić information content (AvgIpc) is 2.72. The Bertz CT molecular complexity index is 752. The minimum atomic E-state index is -4.52. The van der Waals surface area contributed by atoms with Crippen molar-refractivity contribution in [2.45, 2.75) is 77.2 Å². The molecular weight excluding hydrogens is 407 g/mol. The molecule has 31 heavy (non-hydrogen) atoms. The van der Waals surface area contributed by atoms with E-state index in [9.17, 15) is 22.8 Å². The van der Waals surface area contributed by atoms with Crippen molar-refractivity contribution in [3.8, 4) is 0 Å². The Morgan fingerprint density at radius 1 is 1.23 bits per heavy atom. The summed E-state index contributed by atoms with van der Waals surface area (Å²) >= 11 is 0. The van der Waals surface area contributed by atoms with Gasteiger partial charge in [-0.05, 0) is 70.7 Å². The van der Waals surface area contributed by atoms with Gasteiger partial charge in [0.1, 0.15) is 0 Å². The number of halogens is 3. The van der Waals surface area contributed by atoms with Gasteiger partial charge in [0, 0.05) is 23.7 Å². The van der Waals surface area contributed by atoms with Crippen molar-refractivity contribution < 1.29 is 22.8 Å². The van der Waals surface area contributed by atoms with Crippen molar-refractivity contribution >= 4 is 11.8 Å². The predicted molar refractivity (Wildman–Crippen MR) is 115 cm³/mol. The third-order valence-electron chi connectivity index (χ3n) is 6.21. The highest BCUT2D eigenvalue weighted by atomic mass is 19.4. The maximum absolute atomic E-state index is 12.8. The van der Waals surface area contributed by atoms with Crippen molar-refractivity contribution in [3.05, 3.63) is 35.4 Å². The van der Waals surface area contributed by atoms with Crippen LogP contribution in [0.4, 0.5) is 13.2 Å². The number of rotatable bonds is 8. The number of nitrogens with zero attached hydrogens (tertiary/aromatic N) is 1. The highest BCUT2D eigenvalue weighted by Gasteiger charge is 2.33. The summed E-state index contributed by atoms with van der Waals surface area (Å²) in [6, 6.07) is 5.18. The van der Waals surface area contributed by atoms with Gasteiger partial charge in [-0.2, -0.15) is 13.2 Å². The molecule has 1 aliphatic rings. The number of hydrogen-bond donors (Lipinski definition) is 2. The van der Waals surface area contributed by atoms with Gasteiger partial charge < -0.3 is 15.5 Å². The fourth-order valence-electron chi connectivity index (χ4n) is 4.27. The maximum atomic E-state index is 12.8. The lowest BCUT2D eigenvalue weighted by Crippen LogP contribution is -2.51. The molecule has 2 rings (SSSR count). The Balaban J connectivity index is 1.91. The highest BCUT2D eigenvalue weighted by molar-refractivity contribution is 5.96. The van der Waals surface area contributed by atoms with Crippen molar-refractivity contribution in [1.29, 1.82) is 0 Å². The standard InChI is InChI=1S/C23H34F3N3O2/c1-5-7-16-13-19(29(4)15(2)3)10-11-20(16)28-21(30)14-27-22(31)17-8-6-9-18(12-17)23(24,25)26/h6,8-9,12,15-16,19-20H,5,7,10-11,13-14H2,1-4H3,(H,27,31)(H,28,30)/t16-,19+,20-/m0/s1. The first-order valence-corrected chi connectivity index (χ1v) is 11.0. The zero-order valence-electron chi connectivity index (χ0n) is 18.8. The van der Waals surface area contributed by atoms with Crippen LogP contribution in [0.25, 0.3) is 0 Å². The van der Waals surface area contributed by atoms with E-state index in [0.29, 0.717) is 18.0 Å². The van der Waals surface area contributed by atoms with E-state index in [1.807, 2.05) is 0 Å². The van der Waals surface area contributed by atoms with Gasteiger partial charge in [-0.3, -0.25) is 9.59 Å². The first kappa shape index (κ1) is 25.2. The molecule has 1 saturated carbocycles. The summed E-state index contributed by atoms with van der Waals surface area (Å²) in [5.74, 6) is -0.649. The zero-order chi connectivity index (χ0) is 23.2. The van der Waals surface area contributed by atoms with Crippen LogP contribution in [0.2, 0.25) is 0 Å². The molecule has 1 aromatic carbocycles. The predicted octanol–water partition coefficient (Wildman–Crippen LogP) is 4.23. The van der Waals surface area contributed by atoms with Crippen molar-refractivity contribution in [2.75, 3.05) is 13.6 Å². The second-order valence-corrected chi connectivity index (χ2v) is 8.71. The summed E-state index contributed by atoms with van der Waals surface area (Å²) in [6.45, 7) is 6.22. The van der Waals surface area contributed by atoms with E-state index in [0.717, 1.165) is 44.2 Å². The van der Waals surface area contributed by atoms with E-state index >= 15 is 0 Å². The molecule has 3 atom stereocenters. The van der Waals surface area contributed by atoms with Crippen LogP contribution in [0, 0.1) is 5.92 Å². The molecule has 0 aliphatic heterocycles. The molecule has 8 heteroatoms. The number of alkyl halides is 3. The second kappa shape index (κ2) is 11.0. The normalized spacial score (nSPS) is 21.9. The minimum absolute atomic E-state index is 0.0507. The molecule has 0 radical (unpaired) electrons. The number of carbonyl (C=O) groups is 2. The van der Waals surface area contributed by atoms with Gasteiger partial charge in [0.05, 0.1) is 12.1 Å². The van der Waals surface area contributed by atoms with Gasteiger partial charge in [-0.15, -0.1) is 0 Å². The molecule has 0 unspecified atom stereocenters. The van der Waals surface area contributed by atoms with E-state index in [1.54, 1.807) is 0 Å². The monoisotopic (exact) mass is 441 g/mol. The number of amides is 2. The number of nitrogens with one attached hydrogen (secondary N) is 2. The van der Waals surface area contributed by atoms with Gasteiger partial charge in [-0.25, -0.2) is 0 Å². The molecule has 1 aromatic rings. The largest absolute Gasteiger partial charge is 0.416 e. The fourth-order valence-corrected chi connectivity index (χ4v) is 4.27. The Morgan fingerprint density at radius 3 is 2.55 bits per heavy atom. The average molecular weight is 442 g/mol. The third-order valence-corrected chi connectivity index (χ3v) is 6.21. The smallest absolute Gasteiger partial charge is 0.352 e. The Hall–Kier alpha value is -2.09. The molecule has 0 spiro atoms. The first-order valence-electron chi connectivity index (χ1n) is 11.0. The van der Waals surface area contributed by atoms with Crippen molar-refractivity contribution in [1.82, 2.24) is 15.5 Å². The number of benzene rings is 1. The number of carbonyl (C=O) groups excluding carboxylic acids is 2. The van der Waals surface area contributed by atoms with E-state index in [1.165, 1.54) is 12.1 Å². The Kier molecular flexibility index (Phi) is 8.91. The topological polar surface area (TPSA) is 61.4 Å². The molecule has 1 fully saturated rings. The molecule has 2 amide bonds. The van der Waals surface area contributed by atoms with Gasteiger partial charge in [0.25, 0.3) is 5.91 Å². The molecule has 174 valence electrons. The van der Waals surface area contributed by atoms with Crippen LogP contribution in [0.3, 0.4) is 0 Å². The molecule has 2 N–H and O–H groups in total. The second-order valence-electron chi connectivity index (χ2n) is 8.71. The summed E-state index contributed by atoms with van der Waals surface area (Å²) in [7, 11) is 2.14. The van der Waals surface area contributed by atoms with Crippen molar-refractivity contribution in [3.63, 3.8) is 0 Å². The van der Waals surface area contributed by atoms with E-state index in [4.69, 9.17) is 0 Å². The Labute approximate surface area is 182 Å². The molecule has 0 saturated heterocycles. The maximum Gasteiger partial charge on any atom is 0.416 e. The van der Waals surface area contributed by atoms with Crippen LogP contribution in [-0.2, 0) is 11.0 Å². The van der Waals surface area contributed by atoms with Crippen LogP contribution in [0.5, 0.6) is 0 Å². The van der Waals surface area contributed by atoms with Gasteiger partial charge in [0.15, 0.2) is 0 Å². The molecule has 1 aliphatic carbocycles. The van der Waals surface area contributed by atoms with Gasteiger partial charge in [0.2, 0.25) is 5.91 Å². The van der Waals surface area contributed by atoms with Crippen LogP contribution in [0.15, 0.2) is 24.3 Å². The molecule has 5 nitrogen and oxygen atoms in total. The molecule has 0 bridgehead atoms. The minimum Gasteiger partial charge on any atom is -0.352 e. The summed E-state index contributed by atoms with van der Waals surface area (Å²) in [4.78, 5) is 27.0. The summed E-state index contributed by atoms with van der Waals surface area (Å²) in [6.07, 6.45) is 0.413. The van der Waals surface area contributed by atoms with Crippen LogP contribution in [0.1, 0.15) is 68.8 Å². The Morgan fingerprint density at radius 2 is 1.94 bits per heavy atom. The van der Waals surface area contributed by atoms with Crippen LogP contribution >= 0.6 is 0 Å². The molecular formula is C23H34F3N3O2. The van der Waals surface area contributed by atoms with Crippen LogP contribution < -0.4 is 10.6 Å². The fraction of sp³-hybridized carbons (Fsp3) is 0.652. The quantitative estimate of drug-likeness (QED) is 0.635. The zero-order valence-corrected chi connectivity index (χ0v) is 18.8. The summed E-state index contributed by atoms with van der Waals surface area (Å²) < 4.78 is 38.5. The van der Waals surface area contributed by atoms with E-state index in [-0.39, 0.29) is 24.1 Å². The lowest BCUT2D eigenvalue weighted by molar-refractivity contribution is -0.137. The highest BCUT2D eigenvalue weighted by Crippen LogP contribution is 2.32. The lowest BCUT2D eigenvalue weighted by atomic mass is 9.78. The molecule has 0 heterocycles. The lowest BCUT2D eigenvalue weighted by Gasteiger charge is -2.41.